The summed E-state index contributed by atoms with van der Waals surface area (Å²) in [6, 6.07) is 9.49. The average molecular weight is 322 g/mol. The Labute approximate surface area is 121 Å². The van der Waals surface area contributed by atoms with Gasteiger partial charge in [-0.25, -0.2) is 0 Å². The van der Waals surface area contributed by atoms with Crippen LogP contribution in [-0.2, 0) is 6.61 Å². The minimum Gasteiger partial charge on any atom is -0.457 e. The van der Waals surface area contributed by atoms with Crippen LogP contribution in [0.15, 0.2) is 41.0 Å². The van der Waals surface area contributed by atoms with Crippen LogP contribution in [0.25, 0.3) is 0 Å². The number of benzene rings is 1. The van der Waals surface area contributed by atoms with Gasteiger partial charge in [0.15, 0.2) is 0 Å². The first-order valence-corrected chi connectivity index (χ1v) is 6.92. The van der Waals surface area contributed by atoms with E-state index >= 15 is 0 Å². The van der Waals surface area contributed by atoms with Crippen molar-refractivity contribution in [2.24, 2.45) is 0 Å². The van der Waals surface area contributed by atoms with Gasteiger partial charge in [-0.2, -0.15) is 0 Å². The second kappa shape index (κ2) is 6.17. The highest BCUT2D eigenvalue weighted by molar-refractivity contribution is 9.10. The Balaban J connectivity index is 2.32. The molecule has 100 valence electrons. The van der Waals surface area contributed by atoms with Crippen molar-refractivity contribution in [3.05, 3.63) is 52.3 Å². The Bertz CT molecular complexity index is 570. The lowest BCUT2D eigenvalue weighted by molar-refractivity contribution is 0.276. The third kappa shape index (κ3) is 3.55. The van der Waals surface area contributed by atoms with E-state index in [1.54, 1.807) is 18.3 Å². The third-order valence-electron chi connectivity index (χ3n) is 2.77. The SMILES string of the molecule is CC(C)c1cc(Br)ccc1Oc1ccnc(CO)c1. The summed E-state index contributed by atoms with van der Waals surface area (Å²) in [5.41, 5.74) is 1.73. The molecule has 0 saturated heterocycles. The maximum Gasteiger partial charge on any atom is 0.130 e. The van der Waals surface area contributed by atoms with Gasteiger partial charge in [-0.15, -0.1) is 0 Å². The Hall–Kier alpha value is -1.39. The maximum absolute atomic E-state index is 9.08. The standard InChI is InChI=1S/C15H16BrNO2/c1-10(2)14-7-11(16)3-4-15(14)19-13-5-6-17-12(8-13)9-18/h3-8,10,18H,9H2,1-2H3. The van der Waals surface area contributed by atoms with Crippen molar-refractivity contribution in [2.45, 2.75) is 26.4 Å². The summed E-state index contributed by atoms with van der Waals surface area (Å²) in [5, 5.41) is 9.08. The summed E-state index contributed by atoms with van der Waals surface area (Å²) in [6.07, 6.45) is 1.63. The van der Waals surface area contributed by atoms with E-state index < -0.39 is 0 Å². The van der Waals surface area contributed by atoms with Gasteiger partial charge in [0.1, 0.15) is 11.5 Å². The number of aliphatic hydroxyl groups excluding tert-OH is 1. The number of aliphatic hydroxyl groups is 1. The molecule has 2 aromatic rings. The Kier molecular flexibility index (Phi) is 4.56. The van der Waals surface area contributed by atoms with Gasteiger partial charge in [0.25, 0.3) is 0 Å². The van der Waals surface area contributed by atoms with Crippen molar-refractivity contribution in [2.75, 3.05) is 0 Å². The molecule has 19 heavy (non-hydrogen) atoms. The molecule has 0 atom stereocenters. The molecule has 1 heterocycles. The molecule has 0 aliphatic carbocycles. The minimum absolute atomic E-state index is 0.0887. The second-order valence-corrected chi connectivity index (χ2v) is 5.50. The lowest BCUT2D eigenvalue weighted by atomic mass is 10.0. The first kappa shape index (κ1) is 14.0. The number of hydrogen-bond donors (Lipinski definition) is 1. The van der Waals surface area contributed by atoms with Crippen LogP contribution in [0, 0.1) is 0 Å². The van der Waals surface area contributed by atoms with Crippen molar-refractivity contribution in [1.82, 2.24) is 4.98 Å². The molecule has 1 aromatic heterocycles. The Morgan fingerprint density at radius 2 is 2.05 bits per heavy atom. The average Bonchev–Trinajstić information content (AvgIpc) is 2.41. The first-order valence-electron chi connectivity index (χ1n) is 6.13. The number of aromatic nitrogens is 1. The molecule has 1 aromatic carbocycles. The largest absolute Gasteiger partial charge is 0.457 e. The van der Waals surface area contributed by atoms with E-state index in [9.17, 15) is 0 Å². The van der Waals surface area contributed by atoms with E-state index in [4.69, 9.17) is 9.84 Å². The van der Waals surface area contributed by atoms with E-state index in [-0.39, 0.29) is 6.61 Å². The zero-order chi connectivity index (χ0) is 13.8. The summed E-state index contributed by atoms with van der Waals surface area (Å²) in [4.78, 5) is 4.03. The molecule has 1 N–H and O–H groups in total. The Morgan fingerprint density at radius 3 is 2.74 bits per heavy atom. The van der Waals surface area contributed by atoms with Crippen LogP contribution >= 0.6 is 15.9 Å². The van der Waals surface area contributed by atoms with Gasteiger partial charge in [-0.3, -0.25) is 4.98 Å². The van der Waals surface area contributed by atoms with Crippen molar-refractivity contribution in [3.8, 4) is 11.5 Å². The van der Waals surface area contributed by atoms with E-state index in [2.05, 4.69) is 40.8 Å². The molecule has 0 bridgehead atoms. The summed E-state index contributed by atoms with van der Waals surface area (Å²) < 4.78 is 6.93. The first-order chi connectivity index (χ1) is 9.10. The zero-order valence-electron chi connectivity index (χ0n) is 10.9. The molecule has 0 aliphatic heterocycles. The van der Waals surface area contributed by atoms with Gasteiger partial charge in [0.05, 0.1) is 12.3 Å². The van der Waals surface area contributed by atoms with Gasteiger partial charge in [-0.05, 0) is 35.7 Å². The van der Waals surface area contributed by atoms with E-state index in [0.717, 1.165) is 15.8 Å². The molecule has 0 spiro atoms. The van der Waals surface area contributed by atoms with Crippen LogP contribution in [0.4, 0.5) is 0 Å². The molecule has 0 aliphatic rings. The van der Waals surface area contributed by atoms with E-state index in [0.29, 0.717) is 17.4 Å². The van der Waals surface area contributed by atoms with Gasteiger partial charge < -0.3 is 9.84 Å². The molecule has 0 unspecified atom stereocenters. The number of nitrogens with zero attached hydrogens (tertiary/aromatic N) is 1. The van der Waals surface area contributed by atoms with Crippen LogP contribution < -0.4 is 4.74 Å². The number of pyridine rings is 1. The molecule has 0 radical (unpaired) electrons. The van der Waals surface area contributed by atoms with Crippen molar-refractivity contribution >= 4 is 15.9 Å². The van der Waals surface area contributed by atoms with E-state index in [1.165, 1.54) is 0 Å². The van der Waals surface area contributed by atoms with Gasteiger partial charge in [-0.1, -0.05) is 29.8 Å². The molecular weight excluding hydrogens is 306 g/mol. The highest BCUT2D eigenvalue weighted by atomic mass is 79.9. The van der Waals surface area contributed by atoms with Gasteiger partial charge in [0, 0.05) is 16.7 Å². The van der Waals surface area contributed by atoms with Crippen LogP contribution in [0.5, 0.6) is 11.5 Å². The highest BCUT2D eigenvalue weighted by Gasteiger charge is 2.10. The fourth-order valence-electron chi connectivity index (χ4n) is 1.80. The molecule has 0 amide bonds. The lowest BCUT2D eigenvalue weighted by Gasteiger charge is -2.14. The van der Waals surface area contributed by atoms with Crippen LogP contribution in [-0.4, -0.2) is 10.1 Å². The van der Waals surface area contributed by atoms with Gasteiger partial charge in [0.2, 0.25) is 0 Å². The smallest absolute Gasteiger partial charge is 0.130 e. The molecule has 0 fully saturated rings. The fourth-order valence-corrected chi connectivity index (χ4v) is 2.18. The van der Waals surface area contributed by atoms with Crippen molar-refractivity contribution in [3.63, 3.8) is 0 Å². The maximum atomic E-state index is 9.08. The van der Waals surface area contributed by atoms with Crippen molar-refractivity contribution < 1.29 is 9.84 Å². The zero-order valence-corrected chi connectivity index (χ0v) is 12.5. The topological polar surface area (TPSA) is 42.4 Å². The second-order valence-electron chi connectivity index (χ2n) is 4.58. The highest BCUT2D eigenvalue weighted by Crippen LogP contribution is 2.32. The normalized spacial score (nSPS) is 10.8. The van der Waals surface area contributed by atoms with Gasteiger partial charge >= 0.3 is 0 Å². The summed E-state index contributed by atoms with van der Waals surface area (Å²) >= 11 is 3.47. The number of hydrogen-bond acceptors (Lipinski definition) is 3. The van der Waals surface area contributed by atoms with Crippen LogP contribution in [0.3, 0.4) is 0 Å². The molecule has 4 heteroatoms. The lowest BCUT2D eigenvalue weighted by Crippen LogP contribution is -1.95. The number of halogens is 1. The third-order valence-corrected chi connectivity index (χ3v) is 3.26. The number of ether oxygens (including phenoxy) is 1. The monoisotopic (exact) mass is 321 g/mol. The fraction of sp³-hybridized carbons (Fsp3) is 0.267. The number of rotatable bonds is 4. The van der Waals surface area contributed by atoms with Crippen molar-refractivity contribution in [1.29, 1.82) is 0 Å². The summed E-state index contributed by atoms with van der Waals surface area (Å²) in [6.45, 7) is 4.16. The summed E-state index contributed by atoms with van der Waals surface area (Å²) in [7, 11) is 0. The van der Waals surface area contributed by atoms with Crippen LogP contribution in [0.1, 0.15) is 31.0 Å². The quantitative estimate of drug-likeness (QED) is 0.915. The molecule has 0 saturated carbocycles. The summed E-state index contributed by atoms with van der Waals surface area (Å²) in [5.74, 6) is 1.88. The van der Waals surface area contributed by atoms with E-state index in [1.807, 2.05) is 12.1 Å². The predicted molar refractivity (Wildman–Crippen MR) is 78.5 cm³/mol. The Morgan fingerprint density at radius 1 is 1.26 bits per heavy atom. The molecule has 3 nitrogen and oxygen atoms in total. The van der Waals surface area contributed by atoms with Crippen LogP contribution in [0.2, 0.25) is 0 Å². The predicted octanol–water partition coefficient (Wildman–Crippen LogP) is 4.25. The minimum atomic E-state index is -0.0887. The molecular formula is C15H16BrNO2. The molecule has 2 rings (SSSR count).